The van der Waals surface area contributed by atoms with E-state index in [2.05, 4.69) is 5.32 Å². The molecule has 0 saturated carbocycles. The van der Waals surface area contributed by atoms with Crippen LogP contribution in [-0.2, 0) is 26.2 Å². The summed E-state index contributed by atoms with van der Waals surface area (Å²) in [6.45, 7) is 6.53. The number of benzene rings is 2. The van der Waals surface area contributed by atoms with Gasteiger partial charge < -0.3 is 15.0 Å². The fourth-order valence-corrected chi connectivity index (χ4v) is 5.37. The number of hydrogen-bond acceptors (Lipinski definition) is 5. The van der Waals surface area contributed by atoms with Gasteiger partial charge in [0.05, 0.1) is 19.1 Å². The molecule has 1 N–H and O–H groups in total. The lowest BCUT2D eigenvalue weighted by Gasteiger charge is -2.31. The second-order valence-corrected chi connectivity index (χ2v) is 12.2. The van der Waals surface area contributed by atoms with Crippen LogP contribution in [0.4, 0.5) is 5.69 Å². The van der Waals surface area contributed by atoms with Crippen LogP contribution in [0.25, 0.3) is 0 Å². The zero-order chi connectivity index (χ0) is 28.5. The molecule has 0 heterocycles. The van der Waals surface area contributed by atoms with Crippen molar-refractivity contribution >= 4 is 50.7 Å². The van der Waals surface area contributed by atoms with E-state index in [9.17, 15) is 18.0 Å². The van der Waals surface area contributed by atoms with Crippen molar-refractivity contribution in [1.82, 2.24) is 10.2 Å². The maximum absolute atomic E-state index is 13.5. The number of hydrogen-bond donors (Lipinski definition) is 1. The van der Waals surface area contributed by atoms with Crippen molar-refractivity contribution < 1.29 is 22.7 Å². The molecule has 0 saturated heterocycles. The van der Waals surface area contributed by atoms with Crippen LogP contribution < -0.4 is 14.4 Å². The van der Waals surface area contributed by atoms with Gasteiger partial charge in [-0.15, -0.1) is 0 Å². The van der Waals surface area contributed by atoms with E-state index < -0.39 is 16.1 Å². The van der Waals surface area contributed by atoms with Gasteiger partial charge in [-0.25, -0.2) is 8.42 Å². The van der Waals surface area contributed by atoms with Gasteiger partial charge in [0.25, 0.3) is 0 Å². The topological polar surface area (TPSA) is 96.0 Å². The first-order valence-electron chi connectivity index (χ1n) is 12.5. The minimum atomic E-state index is -3.61. The van der Waals surface area contributed by atoms with Gasteiger partial charge in [0.2, 0.25) is 21.8 Å². The number of carbonyl (C=O) groups is 2. The molecule has 0 aliphatic heterocycles. The summed E-state index contributed by atoms with van der Waals surface area (Å²) in [5, 5.41) is 3.78. The maximum atomic E-state index is 13.5. The predicted octanol–water partition coefficient (Wildman–Crippen LogP) is 5.13. The summed E-state index contributed by atoms with van der Waals surface area (Å²) in [6.07, 6.45) is 1.81. The fourth-order valence-electron chi connectivity index (χ4n) is 3.94. The minimum absolute atomic E-state index is 0.0369. The Bertz CT molecular complexity index is 1210. The highest BCUT2D eigenvalue weighted by Crippen LogP contribution is 2.26. The second kappa shape index (κ2) is 14.6. The molecule has 0 spiro atoms. The van der Waals surface area contributed by atoms with E-state index in [1.54, 1.807) is 42.5 Å². The van der Waals surface area contributed by atoms with E-state index in [4.69, 9.17) is 27.9 Å². The Morgan fingerprint density at radius 3 is 2.39 bits per heavy atom. The molecule has 0 radical (unpaired) electrons. The van der Waals surface area contributed by atoms with Crippen LogP contribution in [0.15, 0.2) is 42.5 Å². The molecule has 210 valence electrons. The Labute approximate surface area is 236 Å². The standard InChI is InChI=1S/C27H37Cl2N3O5S/c1-6-25(27(34)30-17-19(2)3)31(18-20-12-13-21(28)15-24(20)29)26(33)11-8-14-32(38(5,35)36)22-9-7-10-23(16-22)37-4/h7,9-10,12-13,15-16,19,25H,6,8,11,14,17-18H2,1-5H3,(H,30,34). The molecule has 1 unspecified atom stereocenters. The number of amides is 2. The molecule has 2 amide bonds. The van der Waals surface area contributed by atoms with Crippen molar-refractivity contribution in [3.63, 3.8) is 0 Å². The highest BCUT2D eigenvalue weighted by Gasteiger charge is 2.29. The summed E-state index contributed by atoms with van der Waals surface area (Å²) in [5.74, 6) is 0.261. The zero-order valence-electron chi connectivity index (χ0n) is 22.5. The molecule has 8 nitrogen and oxygen atoms in total. The summed E-state index contributed by atoms with van der Waals surface area (Å²) in [6, 6.07) is 11.0. The Kier molecular flexibility index (Phi) is 12.2. The van der Waals surface area contributed by atoms with Crippen LogP contribution in [0.1, 0.15) is 45.6 Å². The SMILES string of the molecule is CCC(C(=O)NCC(C)C)N(Cc1ccc(Cl)cc1Cl)C(=O)CCCN(c1cccc(OC)c1)S(C)(=O)=O. The number of halogens is 2. The number of anilines is 1. The van der Waals surface area contributed by atoms with Crippen LogP contribution in [0.5, 0.6) is 5.75 Å². The van der Waals surface area contributed by atoms with Crippen LogP contribution in [0, 0.1) is 5.92 Å². The number of sulfonamides is 1. The van der Waals surface area contributed by atoms with Crippen molar-refractivity contribution in [2.24, 2.45) is 5.92 Å². The fraction of sp³-hybridized carbons (Fsp3) is 0.481. The molecule has 2 rings (SSSR count). The average molecular weight is 587 g/mol. The van der Waals surface area contributed by atoms with E-state index in [1.165, 1.54) is 16.3 Å². The van der Waals surface area contributed by atoms with Gasteiger partial charge in [-0.2, -0.15) is 0 Å². The highest BCUT2D eigenvalue weighted by molar-refractivity contribution is 7.92. The Morgan fingerprint density at radius 1 is 1.11 bits per heavy atom. The smallest absolute Gasteiger partial charge is 0.242 e. The maximum Gasteiger partial charge on any atom is 0.242 e. The third-order valence-electron chi connectivity index (χ3n) is 5.92. The first kappa shape index (κ1) is 31.7. The average Bonchev–Trinajstić information content (AvgIpc) is 2.85. The van der Waals surface area contributed by atoms with Crippen molar-refractivity contribution in [2.45, 2.75) is 52.6 Å². The van der Waals surface area contributed by atoms with Gasteiger partial charge in [0.15, 0.2) is 0 Å². The summed E-state index contributed by atoms with van der Waals surface area (Å²) in [7, 11) is -2.11. The highest BCUT2D eigenvalue weighted by atomic mass is 35.5. The number of nitrogens with zero attached hydrogens (tertiary/aromatic N) is 2. The second-order valence-electron chi connectivity index (χ2n) is 9.46. The molecule has 1 atom stereocenters. The van der Waals surface area contributed by atoms with Crippen molar-refractivity contribution in [2.75, 3.05) is 30.8 Å². The number of methoxy groups -OCH3 is 1. The summed E-state index contributed by atoms with van der Waals surface area (Å²) >= 11 is 12.4. The lowest BCUT2D eigenvalue weighted by atomic mass is 10.1. The molecule has 0 bridgehead atoms. The van der Waals surface area contributed by atoms with Gasteiger partial charge in [-0.3, -0.25) is 13.9 Å². The lowest BCUT2D eigenvalue weighted by Crippen LogP contribution is -2.49. The van der Waals surface area contributed by atoms with E-state index in [0.29, 0.717) is 40.0 Å². The van der Waals surface area contributed by atoms with Crippen molar-refractivity contribution in [3.8, 4) is 5.75 Å². The minimum Gasteiger partial charge on any atom is -0.497 e. The van der Waals surface area contributed by atoms with Gasteiger partial charge in [0, 0.05) is 42.2 Å². The van der Waals surface area contributed by atoms with Crippen LogP contribution in [0.3, 0.4) is 0 Å². The molecular formula is C27H37Cl2N3O5S. The molecule has 0 aromatic heterocycles. The van der Waals surface area contributed by atoms with Gasteiger partial charge in [0.1, 0.15) is 11.8 Å². The van der Waals surface area contributed by atoms with E-state index in [1.807, 2.05) is 20.8 Å². The van der Waals surface area contributed by atoms with E-state index in [0.717, 1.165) is 6.26 Å². The van der Waals surface area contributed by atoms with Gasteiger partial charge >= 0.3 is 0 Å². The number of rotatable bonds is 14. The largest absolute Gasteiger partial charge is 0.497 e. The normalized spacial score (nSPS) is 12.2. The molecule has 0 fully saturated rings. The summed E-state index contributed by atoms with van der Waals surface area (Å²) in [4.78, 5) is 28.1. The number of nitrogens with one attached hydrogen (secondary N) is 1. The molecule has 2 aromatic rings. The molecule has 38 heavy (non-hydrogen) atoms. The van der Waals surface area contributed by atoms with Gasteiger partial charge in [-0.05, 0) is 48.6 Å². The lowest BCUT2D eigenvalue weighted by molar-refractivity contribution is -0.141. The van der Waals surface area contributed by atoms with Crippen LogP contribution in [-0.4, -0.2) is 57.6 Å². The molecular weight excluding hydrogens is 549 g/mol. The van der Waals surface area contributed by atoms with E-state index in [-0.39, 0.29) is 43.7 Å². The third-order valence-corrected chi connectivity index (χ3v) is 7.70. The predicted molar refractivity (Wildman–Crippen MR) is 153 cm³/mol. The summed E-state index contributed by atoms with van der Waals surface area (Å²) in [5.41, 5.74) is 1.11. The molecule has 0 aliphatic carbocycles. The third kappa shape index (κ3) is 9.36. The van der Waals surface area contributed by atoms with Crippen molar-refractivity contribution in [1.29, 1.82) is 0 Å². The molecule has 0 aliphatic rings. The van der Waals surface area contributed by atoms with Gasteiger partial charge in [-0.1, -0.05) is 56.1 Å². The quantitative estimate of drug-likeness (QED) is 0.331. The van der Waals surface area contributed by atoms with Crippen LogP contribution in [0.2, 0.25) is 10.0 Å². The van der Waals surface area contributed by atoms with E-state index >= 15 is 0 Å². The molecule has 2 aromatic carbocycles. The first-order chi connectivity index (χ1) is 17.9. The zero-order valence-corrected chi connectivity index (χ0v) is 24.9. The summed E-state index contributed by atoms with van der Waals surface area (Å²) < 4.78 is 31.5. The molecule has 11 heteroatoms. The Morgan fingerprint density at radius 2 is 1.82 bits per heavy atom. The Balaban J connectivity index is 2.26. The number of carbonyl (C=O) groups excluding carboxylic acids is 2. The van der Waals surface area contributed by atoms with Crippen molar-refractivity contribution in [3.05, 3.63) is 58.1 Å². The Hall–Kier alpha value is -2.49. The number of ether oxygens (including phenoxy) is 1. The monoisotopic (exact) mass is 585 g/mol. The first-order valence-corrected chi connectivity index (χ1v) is 15.1. The van der Waals surface area contributed by atoms with Crippen LogP contribution >= 0.6 is 23.2 Å².